The van der Waals surface area contributed by atoms with Gasteiger partial charge in [0.05, 0.1) is 0 Å². The monoisotopic (exact) mass is 374 g/mol. The molecule has 2 fully saturated rings. The number of anilines is 1. The summed E-state index contributed by atoms with van der Waals surface area (Å²) in [5.74, 6) is 0.589. The van der Waals surface area contributed by atoms with Gasteiger partial charge in [-0.3, -0.25) is 9.59 Å². The van der Waals surface area contributed by atoms with Crippen molar-refractivity contribution in [3.8, 4) is 5.75 Å². The summed E-state index contributed by atoms with van der Waals surface area (Å²) in [5.41, 5.74) is 0.0254. The highest BCUT2D eigenvalue weighted by Gasteiger charge is 2.42. The molecule has 1 aromatic rings. The first kappa shape index (κ1) is 19.7. The minimum absolute atomic E-state index is 0.0288. The zero-order valence-corrected chi connectivity index (χ0v) is 16.2. The molecule has 6 nitrogen and oxygen atoms in total. The summed E-state index contributed by atoms with van der Waals surface area (Å²) in [4.78, 5) is 26.6. The standard InChI is InChI=1S/C21H30N2O4/c1-2-15-27-21(11-3-4-12-21)20(25)22-17-7-9-18(10-8-17)26-16-19(24)23-13-5-6-14-23/h7-10H,2-6,11-16H2,1H3,(H,22,25). The Bertz CT molecular complexity index is 632. The zero-order valence-electron chi connectivity index (χ0n) is 16.2. The van der Waals surface area contributed by atoms with Crippen molar-refractivity contribution in [2.45, 2.75) is 57.5 Å². The molecule has 2 aliphatic rings. The lowest BCUT2D eigenvalue weighted by Gasteiger charge is -2.28. The Hall–Kier alpha value is -2.08. The largest absolute Gasteiger partial charge is 0.484 e. The van der Waals surface area contributed by atoms with Crippen LogP contribution >= 0.6 is 0 Å². The lowest BCUT2D eigenvalue weighted by atomic mass is 10.0. The number of rotatable bonds is 8. The summed E-state index contributed by atoms with van der Waals surface area (Å²) in [7, 11) is 0. The van der Waals surface area contributed by atoms with Crippen molar-refractivity contribution in [3.05, 3.63) is 24.3 Å². The van der Waals surface area contributed by atoms with E-state index >= 15 is 0 Å². The second kappa shape index (κ2) is 9.22. The molecule has 1 saturated carbocycles. The minimum atomic E-state index is -0.687. The third-order valence-electron chi connectivity index (χ3n) is 5.34. The Morgan fingerprint density at radius 3 is 2.37 bits per heavy atom. The quantitative estimate of drug-likeness (QED) is 0.758. The number of benzene rings is 1. The molecule has 27 heavy (non-hydrogen) atoms. The van der Waals surface area contributed by atoms with Crippen LogP contribution in [-0.2, 0) is 14.3 Å². The first-order valence-electron chi connectivity index (χ1n) is 10.1. The Morgan fingerprint density at radius 1 is 1.07 bits per heavy atom. The van der Waals surface area contributed by atoms with Crippen molar-refractivity contribution in [2.75, 3.05) is 31.6 Å². The van der Waals surface area contributed by atoms with Crippen LogP contribution in [0.25, 0.3) is 0 Å². The topological polar surface area (TPSA) is 67.9 Å². The van der Waals surface area contributed by atoms with E-state index in [1.807, 2.05) is 11.8 Å². The maximum atomic E-state index is 12.8. The van der Waals surface area contributed by atoms with Crippen LogP contribution in [0.4, 0.5) is 5.69 Å². The molecule has 0 bridgehead atoms. The van der Waals surface area contributed by atoms with Gasteiger partial charge in [0.25, 0.3) is 11.8 Å². The van der Waals surface area contributed by atoms with E-state index in [1.54, 1.807) is 24.3 Å². The highest BCUT2D eigenvalue weighted by molar-refractivity contribution is 5.97. The number of nitrogens with one attached hydrogen (secondary N) is 1. The fourth-order valence-corrected chi connectivity index (χ4v) is 3.76. The normalized spacial score (nSPS) is 18.5. The number of likely N-dealkylation sites (tertiary alicyclic amines) is 1. The van der Waals surface area contributed by atoms with Crippen molar-refractivity contribution in [1.29, 1.82) is 0 Å². The molecule has 1 aliphatic heterocycles. The van der Waals surface area contributed by atoms with Crippen LogP contribution < -0.4 is 10.1 Å². The first-order valence-corrected chi connectivity index (χ1v) is 10.1. The Balaban J connectivity index is 1.52. The van der Waals surface area contributed by atoms with Crippen molar-refractivity contribution < 1.29 is 19.1 Å². The Labute approximate surface area is 161 Å². The molecule has 0 spiro atoms. The molecule has 1 heterocycles. The van der Waals surface area contributed by atoms with Crippen molar-refractivity contribution in [3.63, 3.8) is 0 Å². The second-order valence-electron chi connectivity index (χ2n) is 7.40. The van der Waals surface area contributed by atoms with E-state index in [-0.39, 0.29) is 18.4 Å². The lowest BCUT2D eigenvalue weighted by Crippen LogP contribution is -2.43. The van der Waals surface area contributed by atoms with E-state index in [0.29, 0.717) is 18.0 Å². The first-order chi connectivity index (χ1) is 13.1. The van der Waals surface area contributed by atoms with Gasteiger partial charge in [0, 0.05) is 25.4 Å². The van der Waals surface area contributed by atoms with Crippen LogP contribution in [0.5, 0.6) is 5.75 Å². The highest BCUT2D eigenvalue weighted by atomic mass is 16.5. The lowest BCUT2D eigenvalue weighted by molar-refractivity contribution is -0.140. The van der Waals surface area contributed by atoms with Crippen molar-refractivity contribution >= 4 is 17.5 Å². The van der Waals surface area contributed by atoms with Gasteiger partial charge >= 0.3 is 0 Å². The van der Waals surface area contributed by atoms with Gasteiger partial charge in [-0.1, -0.05) is 6.92 Å². The van der Waals surface area contributed by atoms with Crippen LogP contribution in [0.3, 0.4) is 0 Å². The van der Waals surface area contributed by atoms with E-state index in [9.17, 15) is 9.59 Å². The van der Waals surface area contributed by atoms with Gasteiger partial charge in [-0.05, 0) is 69.2 Å². The maximum absolute atomic E-state index is 12.8. The maximum Gasteiger partial charge on any atom is 0.260 e. The summed E-state index contributed by atoms with van der Waals surface area (Å²) in [6.07, 6.45) is 6.64. The van der Waals surface area contributed by atoms with Gasteiger partial charge in [0.15, 0.2) is 6.61 Å². The molecule has 1 aliphatic carbocycles. The summed E-state index contributed by atoms with van der Waals surface area (Å²) < 4.78 is 11.5. The van der Waals surface area contributed by atoms with Gasteiger partial charge in [-0.15, -0.1) is 0 Å². The van der Waals surface area contributed by atoms with E-state index in [2.05, 4.69) is 5.32 Å². The molecule has 2 amide bonds. The zero-order chi connectivity index (χ0) is 19.1. The number of hydrogen-bond donors (Lipinski definition) is 1. The molecule has 3 rings (SSSR count). The van der Waals surface area contributed by atoms with Crippen LogP contribution in [0, 0.1) is 0 Å². The van der Waals surface area contributed by atoms with E-state index in [4.69, 9.17) is 9.47 Å². The number of carbonyl (C=O) groups excluding carboxylic acids is 2. The molecular formula is C21H30N2O4. The fourth-order valence-electron chi connectivity index (χ4n) is 3.76. The van der Waals surface area contributed by atoms with Crippen LogP contribution in [0.15, 0.2) is 24.3 Å². The van der Waals surface area contributed by atoms with E-state index in [1.165, 1.54) is 0 Å². The van der Waals surface area contributed by atoms with Gasteiger partial charge in [-0.25, -0.2) is 0 Å². The number of carbonyl (C=O) groups is 2. The number of ether oxygens (including phenoxy) is 2. The minimum Gasteiger partial charge on any atom is -0.484 e. The summed E-state index contributed by atoms with van der Waals surface area (Å²) in [5, 5.41) is 2.98. The van der Waals surface area contributed by atoms with Gasteiger partial charge in [-0.2, -0.15) is 0 Å². The smallest absolute Gasteiger partial charge is 0.260 e. The molecule has 0 aromatic heterocycles. The Morgan fingerprint density at radius 2 is 1.74 bits per heavy atom. The molecular weight excluding hydrogens is 344 g/mol. The predicted molar refractivity (Wildman–Crippen MR) is 104 cm³/mol. The second-order valence-corrected chi connectivity index (χ2v) is 7.40. The summed E-state index contributed by atoms with van der Waals surface area (Å²) >= 11 is 0. The van der Waals surface area contributed by atoms with Crippen molar-refractivity contribution in [2.24, 2.45) is 0 Å². The SMILES string of the molecule is CCCOC1(C(=O)Nc2ccc(OCC(=O)N3CCCC3)cc2)CCCC1. The van der Waals surface area contributed by atoms with Gasteiger partial charge < -0.3 is 19.7 Å². The molecule has 1 aromatic carbocycles. The molecule has 0 atom stereocenters. The predicted octanol–water partition coefficient (Wildman–Crippen LogP) is 3.37. The van der Waals surface area contributed by atoms with Crippen LogP contribution in [-0.4, -0.2) is 48.6 Å². The van der Waals surface area contributed by atoms with Crippen LogP contribution in [0.2, 0.25) is 0 Å². The number of amides is 2. The number of hydrogen-bond acceptors (Lipinski definition) is 4. The average Bonchev–Trinajstić information content (AvgIpc) is 3.38. The third kappa shape index (κ3) is 5.01. The van der Waals surface area contributed by atoms with Gasteiger partial charge in [0.1, 0.15) is 11.4 Å². The average molecular weight is 374 g/mol. The summed E-state index contributed by atoms with van der Waals surface area (Å²) in [6, 6.07) is 7.16. The van der Waals surface area contributed by atoms with Crippen LogP contribution in [0.1, 0.15) is 51.9 Å². The number of nitrogens with zero attached hydrogens (tertiary/aromatic N) is 1. The van der Waals surface area contributed by atoms with E-state index < -0.39 is 5.60 Å². The molecule has 1 N–H and O–H groups in total. The third-order valence-corrected chi connectivity index (χ3v) is 5.34. The highest BCUT2D eigenvalue weighted by Crippen LogP contribution is 2.34. The van der Waals surface area contributed by atoms with Gasteiger partial charge in [0.2, 0.25) is 0 Å². The van der Waals surface area contributed by atoms with E-state index in [0.717, 1.165) is 58.0 Å². The fraction of sp³-hybridized carbons (Fsp3) is 0.619. The van der Waals surface area contributed by atoms with Crippen molar-refractivity contribution in [1.82, 2.24) is 4.90 Å². The molecule has 1 saturated heterocycles. The molecule has 148 valence electrons. The molecule has 6 heteroatoms. The Kier molecular flexibility index (Phi) is 6.72. The summed E-state index contributed by atoms with van der Waals surface area (Å²) in [6.45, 7) is 4.36. The molecule has 0 unspecified atom stereocenters. The molecule has 0 radical (unpaired) electrons.